The van der Waals surface area contributed by atoms with Crippen molar-refractivity contribution in [2.45, 2.75) is 31.2 Å². The molecule has 14 heavy (non-hydrogen) atoms. The lowest BCUT2D eigenvalue weighted by molar-refractivity contribution is 0.143. The van der Waals surface area contributed by atoms with Crippen LogP contribution in [0.25, 0.3) is 0 Å². The number of halogens is 2. The third-order valence-electron chi connectivity index (χ3n) is 2.59. The van der Waals surface area contributed by atoms with E-state index in [1.807, 2.05) is 0 Å². The summed E-state index contributed by atoms with van der Waals surface area (Å²) in [5, 5.41) is 0. The van der Waals surface area contributed by atoms with Crippen LogP contribution >= 0.6 is 0 Å². The predicted molar refractivity (Wildman–Crippen MR) is 46.7 cm³/mol. The molecule has 1 aliphatic carbocycles. The lowest BCUT2D eigenvalue weighted by atomic mass is 9.77. The van der Waals surface area contributed by atoms with Crippen LogP contribution < -0.4 is 5.73 Å². The zero-order valence-electron chi connectivity index (χ0n) is 7.58. The van der Waals surface area contributed by atoms with Crippen LogP contribution in [0.2, 0.25) is 0 Å². The van der Waals surface area contributed by atoms with E-state index in [9.17, 15) is 8.78 Å². The van der Waals surface area contributed by atoms with Crippen molar-refractivity contribution in [3.63, 3.8) is 0 Å². The molecule has 0 atom stereocenters. The Hall–Kier alpha value is -1.10. The maximum atomic E-state index is 12.3. The van der Waals surface area contributed by atoms with Gasteiger partial charge >= 0.3 is 0 Å². The molecule has 0 radical (unpaired) electrons. The maximum absolute atomic E-state index is 12.3. The Morgan fingerprint density at radius 3 is 2.64 bits per heavy atom. The van der Waals surface area contributed by atoms with Gasteiger partial charge in [-0.15, -0.1) is 0 Å². The summed E-state index contributed by atoms with van der Waals surface area (Å²) >= 11 is 0. The predicted octanol–water partition coefficient (Wildman–Crippen LogP) is 1.75. The number of alkyl halides is 2. The Labute approximate surface area is 80.4 Å². The van der Waals surface area contributed by atoms with Crippen molar-refractivity contribution in [2.24, 2.45) is 5.73 Å². The first kappa shape index (κ1) is 9.45. The van der Waals surface area contributed by atoms with E-state index in [-0.39, 0.29) is 5.69 Å². The van der Waals surface area contributed by atoms with Crippen molar-refractivity contribution in [2.75, 3.05) is 0 Å². The molecule has 1 aliphatic rings. The minimum absolute atomic E-state index is 0.244. The van der Waals surface area contributed by atoms with Gasteiger partial charge in [-0.1, -0.05) is 0 Å². The first-order chi connectivity index (χ1) is 6.62. The van der Waals surface area contributed by atoms with Gasteiger partial charge in [0.1, 0.15) is 11.5 Å². The first-order valence-electron chi connectivity index (χ1n) is 4.52. The molecule has 1 saturated carbocycles. The molecule has 76 valence electrons. The molecule has 3 nitrogen and oxygen atoms in total. The van der Waals surface area contributed by atoms with Crippen molar-refractivity contribution in [1.29, 1.82) is 0 Å². The van der Waals surface area contributed by atoms with Crippen molar-refractivity contribution < 1.29 is 8.78 Å². The van der Waals surface area contributed by atoms with E-state index < -0.39 is 12.0 Å². The molecular weight excluding hydrogens is 188 g/mol. The number of nitrogens with zero attached hydrogens (tertiary/aromatic N) is 2. The Balaban J connectivity index is 2.30. The zero-order valence-corrected chi connectivity index (χ0v) is 7.58. The Morgan fingerprint density at radius 1 is 1.43 bits per heavy atom. The fraction of sp³-hybridized carbons (Fsp3) is 0.556. The second kappa shape index (κ2) is 3.24. The zero-order chi connectivity index (χ0) is 10.2. The molecule has 0 bridgehead atoms. The van der Waals surface area contributed by atoms with Crippen LogP contribution in [0, 0.1) is 0 Å². The largest absolute Gasteiger partial charge is 0.319 e. The van der Waals surface area contributed by atoms with Gasteiger partial charge in [0.25, 0.3) is 6.43 Å². The van der Waals surface area contributed by atoms with Crippen LogP contribution in [0.4, 0.5) is 8.78 Å². The fourth-order valence-corrected chi connectivity index (χ4v) is 1.52. The summed E-state index contributed by atoms with van der Waals surface area (Å²) in [7, 11) is 0. The summed E-state index contributed by atoms with van der Waals surface area (Å²) in [5.41, 5.74) is 5.11. The third-order valence-corrected chi connectivity index (χ3v) is 2.59. The van der Waals surface area contributed by atoms with Crippen LogP contribution in [0.15, 0.2) is 12.3 Å². The second-order valence-electron chi connectivity index (χ2n) is 3.62. The van der Waals surface area contributed by atoms with Crippen LogP contribution in [-0.4, -0.2) is 9.97 Å². The summed E-state index contributed by atoms with van der Waals surface area (Å²) in [6.45, 7) is 0. The lowest BCUT2D eigenvalue weighted by Crippen LogP contribution is -2.45. The molecule has 5 heteroatoms. The highest BCUT2D eigenvalue weighted by atomic mass is 19.3. The van der Waals surface area contributed by atoms with E-state index in [2.05, 4.69) is 9.97 Å². The lowest BCUT2D eigenvalue weighted by Gasteiger charge is -2.36. The molecule has 2 rings (SSSR count). The number of aromatic nitrogens is 2. The van der Waals surface area contributed by atoms with Crippen LogP contribution in [0.3, 0.4) is 0 Å². The normalized spacial score (nSPS) is 19.4. The molecule has 0 amide bonds. The second-order valence-corrected chi connectivity index (χ2v) is 3.62. The van der Waals surface area contributed by atoms with Gasteiger partial charge in [-0.3, -0.25) is 0 Å². The van der Waals surface area contributed by atoms with Crippen LogP contribution in [-0.2, 0) is 5.54 Å². The summed E-state index contributed by atoms with van der Waals surface area (Å²) in [5.74, 6) is 0.349. The SMILES string of the molecule is NC1(c2nccc(C(F)F)n2)CCC1. The molecule has 1 heterocycles. The third kappa shape index (κ3) is 1.48. The Kier molecular flexibility index (Phi) is 2.19. The van der Waals surface area contributed by atoms with Gasteiger partial charge in [-0.2, -0.15) is 0 Å². The van der Waals surface area contributed by atoms with Gasteiger partial charge in [-0.05, 0) is 25.3 Å². The van der Waals surface area contributed by atoms with E-state index in [1.54, 1.807) is 0 Å². The number of rotatable bonds is 2. The van der Waals surface area contributed by atoms with Gasteiger partial charge < -0.3 is 5.73 Å². The van der Waals surface area contributed by atoms with Crippen LogP contribution in [0.5, 0.6) is 0 Å². The van der Waals surface area contributed by atoms with E-state index in [0.717, 1.165) is 19.3 Å². The molecule has 0 aliphatic heterocycles. The topological polar surface area (TPSA) is 51.8 Å². The average molecular weight is 199 g/mol. The number of hydrogen-bond donors (Lipinski definition) is 1. The highest BCUT2D eigenvalue weighted by Gasteiger charge is 2.37. The summed E-state index contributed by atoms with van der Waals surface area (Å²) in [4.78, 5) is 7.73. The molecular formula is C9H11F2N3. The minimum Gasteiger partial charge on any atom is -0.319 e. The quantitative estimate of drug-likeness (QED) is 0.789. The van der Waals surface area contributed by atoms with E-state index in [4.69, 9.17) is 5.73 Å². The fourth-order valence-electron chi connectivity index (χ4n) is 1.52. The van der Waals surface area contributed by atoms with Crippen molar-refractivity contribution in [3.05, 3.63) is 23.8 Å². The van der Waals surface area contributed by atoms with Crippen molar-refractivity contribution >= 4 is 0 Å². The monoisotopic (exact) mass is 199 g/mol. The average Bonchev–Trinajstić information content (AvgIpc) is 2.14. The maximum Gasteiger partial charge on any atom is 0.280 e. The van der Waals surface area contributed by atoms with Gasteiger partial charge in [0, 0.05) is 6.20 Å². The molecule has 0 aromatic carbocycles. The molecule has 0 saturated heterocycles. The Morgan fingerprint density at radius 2 is 2.14 bits per heavy atom. The summed E-state index contributed by atoms with van der Waals surface area (Å²) in [6, 6.07) is 1.22. The van der Waals surface area contributed by atoms with Gasteiger partial charge in [-0.25, -0.2) is 18.7 Å². The highest BCUT2D eigenvalue weighted by molar-refractivity contribution is 5.13. The standard InChI is InChI=1S/C9H11F2N3/c10-7(11)6-2-5-13-8(14-6)9(12)3-1-4-9/h2,5,7H,1,3-4,12H2. The first-order valence-corrected chi connectivity index (χ1v) is 4.52. The molecule has 1 aromatic rings. The molecule has 1 aromatic heterocycles. The van der Waals surface area contributed by atoms with Gasteiger partial charge in [0.2, 0.25) is 0 Å². The highest BCUT2D eigenvalue weighted by Crippen LogP contribution is 2.36. The molecule has 0 spiro atoms. The van der Waals surface area contributed by atoms with E-state index >= 15 is 0 Å². The van der Waals surface area contributed by atoms with Crippen LogP contribution in [0.1, 0.15) is 37.2 Å². The molecule has 0 unspecified atom stereocenters. The number of nitrogens with two attached hydrogens (primary N) is 1. The molecule has 1 fully saturated rings. The summed E-state index contributed by atoms with van der Waals surface area (Å²) < 4.78 is 24.7. The van der Waals surface area contributed by atoms with Gasteiger partial charge in [0.15, 0.2) is 0 Å². The Bertz CT molecular complexity index is 337. The van der Waals surface area contributed by atoms with Crippen molar-refractivity contribution in [1.82, 2.24) is 9.97 Å². The van der Waals surface area contributed by atoms with Gasteiger partial charge in [0.05, 0.1) is 5.54 Å². The van der Waals surface area contributed by atoms with E-state index in [1.165, 1.54) is 12.3 Å². The minimum atomic E-state index is -2.56. The molecule has 2 N–H and O–H groups in total. The summed E-state index contributed by atoms with van der Waals surface area (Å²) in [6.07, 6.45) is 1.36. The smallest absolute Gasteiger partial charge is 0.280 e. The van der Waals surface area contributed by atoms with E-state index in [0.29, 0.717) is 5.82 Å². The van der Waals surface area contributed by atoms with Crippen molar-refractivity contribution in [3.8, 4) is 0 Å². The number of hydrogen-bond acceptors (Lipinski definition) is 3.